The van der Waals surface area contributed by atoms with Crippen molar-refractivity contribution in [2.24, 2.45) is 0 Å². The maximum Gasteiger partial charge on any atom is 0.338 e. The third kappa shape index (κ3) is 4.36. The van der Waals surface area contributed by atoms with Gasteiger partial charge in [-0.2, -0.15) is 0 Å². The van der Waals surface area contributed by atoms with Crippen molar-refractivity contribution < 1.29 is 23.9 Å². The van der Waals surface area contributed by atoms with E-state index in [2.05, 4.69) is 4.98 Å². The lowest BCUT2D eigenvalue weighted by molar-refractivity contribution is -0.121. The minimum Gasteiger partial charge on any atom is -0.452 e. The number of ether oxygens (including phenoxy) is 1. The Balaban J connectivity index is 1.44. The summed E-state index contributed by atoms with van der Waals surface area (Å²) in [5.74, 6) is -1.91. The number of esters is 1. The summed E-state index contributed by atoms with van der Waals surface area (Å²) in [6.45, 7) is 4.05. The van der Waals surface area contributed by atoms with Crippen molar-refractivity contribution in [2.45, 2.75) is 26.7 Å². The summed E-state index contributed by atoms with van der Waals surface area (Å²) in [4.78, 5) is 57.5. The van der Waals surface area contributed by atoms with E-state index in [9.17, 15) is 19.2 Å². The van der Waals surface area contributed by atoms with E-state index in [4.69, 9.17) is 4.74 Å². The number of carbonyl (C=O) groups excluding carboxylic acids is 4. The third-order valence-electron chi connectivity index (χ3n) is 5.40. The number of hydrogen-bond acceptors (Lipinski definition) is 7. The van der Waals surface area contributed by atoms with Gasteiger partial charge in [-0.3, -0.25) is 24.2 Å². The van der Waals surface area contributed by atoms with Crippen LogP contribution in [0.15, 0.2) is 42.5 Å². The van der Waals surface area contributed by atoms with Crippen LogP contribution in [-0.4, -0.2) is 53.3 Å². The maximum atomic E-state index is 12.7. The lowest BCUT2D eigenvalue weighted by atomic mass is 10.1. The summed E-state index contributed by atoms with van der Waals surface area (Å²) >= 11 is 1.39. The van der Waals surface area contributed by atoms with Crippen molar-refractivity contribution in [3.63, 3.8) is 0 Å². The summed E-state index contributed by atoms with van der Waals surface area (Å²) in [6.07, 6.45) is 1.57. The number of rotatable bonds is 8. The van der Waals surface area contributed by atoms with E-state index in [0.717, 1.165) is 16.6 Å². The zero-order valence-corrected chi connectivity index (χ0v) is 19.2. The van der Waals surface area contributed by atoms with Crippen LogP contribution in [0.4, 0.5) is 5.13 Å². The van der Waals surface area contributed by atoms with Crippen LogP contribution in [0.5, 0.6) is 0 Å². The molecule has 3 amide bonds. The van der Waals surface area contributed by atoms with Gasteiger partial charge >= 0.3 is 5.97 Å². The summed E-state index contributed by atoms with van der Waals surface area (Å²) < 4.78 is 6.18. The molecule has 3 aromatic rings. The SMILES string of the molecule is CCCCN1C(=O)c2ccc(C(=O)OCC(=O)N(CC)c3nc4ccccc4s3)cc2C1=O. The average Bonchev–Trinajstić information content (AvgIpc) is 3.35. The number of aromatic nitrogens is 1. The van der Waals surface area contributed by atoms with Crippen molar-refractivity contribution in [2.75, 3.05) is 24.6 Å². The van der Waals surface area contributed by atoms with E-state index >= 15 is 0 Å². The van der Waals surface area contributed by atoms with Gasteiger partial charge in [-0.25, -0.2) is 9.78 Å². The predicted octanol–water partition coefficient (Wildman–Crippen LogP) is 3.90. The number of imide groups is 1. The summed E-state index contributed by atoms with van der Waals surface area (Å²) in [5, 5.41) is 0.536. The van der Waals surface area contributed by atoms with E-state index in [1.807, 2.05) is 38.1 Å². The van der Waals surface area contributed by atoms with Gasteiger partial charge in [0.05, 0.1) is 26.9 Å². The molecule has 0 radical (unpaired) electrons. The van der Waals surface area contributed by atoms with Gasteiger partial charge in [-0.15, -0.1) is 0 Å². The molecule has 1 aliphatic heterocycles. The standard InChI is InChI=1S/C24H23N3O5S/c1-3-5-12-27-21(29)16-11-10-15(13-17(16)22(27)30)23(31)32-14-20(28)26(4-2)24-25-18-8-6-7-9-19(18)33-24/h6-11,13H,3-5,12,14H2,1-2H3. The van der Waals surface area contributed by atoms with Crippen molar-refractivity contribution in [1.82, 2.24) is 9.88 Å². The second kappa shape index (κ2) is 9.50. The highest BCUT2D eigenvalue weighted by atomic mass is 32.1. The second-order valence-electron chi connectivity index (χ2n) is 7.55. The molecule has 0 saturated heterocycles. The number of thiazole rings is 1. The van der Waals surface area contributed by atoms with Crippen molar-refractivity contribution in [3.8, 4) is 0 Å². The minimum absolute atomic E-state index is 0.114. The molecule has 170 valence electrons. The van der Waals surface area contributed by atoms with Crippen molar-refractivity contribution in [3.05, 3.63) is 59.2 Å². The molecule has 0 spiro atoms. The van der Waals surface area contributed by atoms with E-state index in [1.165, 1.54) is 39.3 Å². The van der Waals surface area contributed by atoms with Crippen LogP contribution in [0, 0.1) is 0 Å². The fraction of sp³-hybridized carbons (Fsp3) is 0.292. The predicted molar refractivity (Wildman–Crippen MR) is 125 cm³/mol. The first-order chi connectivity index (χ1) is 15.9. The first-order valence-electron chi connectivity index (χ1n) is 10.8. The van der Waals surface area contributed by atoms with Crippen molar-refractivity contribution in [1.29, 1.82) is 0 Å². The van der Waals surface area contributed by atoms with Crippen LogP contribution in [0.3, 0.4) is 0 Å². The molecule has 33 heavy (non-hydrogen) atoms. The smallest absolute Gasteiger partial charge is 0.338 e. The average molecular weight is 466 g/mol. The molecule has 0 aliphatic carbocycles. The zero-order chi connectivity index (χ0) is 23.5. The Hall–Kier alpha value is -3.59. The largest absolute Gasteiger partial charge is 0.452 e. The van der Waals surface area contributed by atoms with Gasteiger partial charge in [-0.05, 0) is 43.7 Å². The fourth-order valence-corrected chi connectivity index (χ4v) is 4.67. The molecule has 4 rings (SSSR count). The van der Waals surface area contributed by atoms with Gasteiger partial charge < -0.3 is 4.74 Å². The van der Waals surface area contributed by atoms with Gasteiger partial charge in [0.15, 0.2) is 11.7 Å². The van der Waals surface area contributed by atoms with Gasteiger partial charge in [-0.1, -0.05) is 36.8 Å². The first-order valence-corrected chi connectivity index (χ1v) is 11.6. The van der Waals surface area contributed by atoms with Crippen LogP contribution in [-0.2, 0) is 9.53 Å². The molecule has 2 aromatic carbocycles. The number of nitrogens with zero attached hydrogens (tertiary/aromatic N) is 3. The number of unbranched alkanes of at least 4 members (excludes halogenated alkanes) is 1. The molecule has 9 heteroatoms. The summed E-state index contributed by atoms with van der Waals surface area (Å²) in [7, 11) is 0. The lowest BCUT2D eigenvalue weighted by Gasteiger charge is -2.17. The number of carbonyl (C=O) groups is 4. The number of hydrogen-bond donors (Lipinski definition) is 0. The molecule has 0 saturated carbocycles. The molecule has 0 fully saturated rings. The summed E-state index contributed by atoms with van der Waals surface area (Å²) in [5.41, 5.74) is 1.37. The van der Waals surface area contributed by atoms with Gasteiger partial charge in [0.2, 0.25) is 0 Å². The Labute approximate surface area is 194 Å². The molecule has 0 bridgehead atoms. The first kappa shape index (κ1) is 22.6. The van der Waals surface area contributed by atoms with Crippen LogP contribution < -0.4 is 4.90 Å². The number of para-hydroxylation sites is 1. The molecule has 0 unspecified atom stereocenters. The Bertz CT molecular complexity index is 1220. The zero-order valence-electron chi connectivity index (χ0n) is 18.4. The Morgan fingerprint density at radius 3 is 2.55 bits per heavy atom. The van der Waals surface area contributed by atoms with Crippen LogP contribution in [0.1, 0.15) is 57.8 Å². The molecule has 0 N–H and O–H groups in total. The Morgan fingerprint density at radius 2 is 1.82 bits per heavy atom. The number of benzene rings is 2. The highest BCUT2D eigenvalue weighted by Gasteiger charge is 2.35. The lowest BCUT2D eigenvalue weighted by Crippen LogP contribution is -2.34. The molecule has 1 aliphatic rings. The second-order valence-corrected chi connectivity index (χ2v) is 8.56. The molecule has 8 nitrogen and oxygen atoms in total. The number of amides is 3. The van der Waals surface area contributed by atoms with E-state index in [-0.39, 0.29) is 22.6 Å². The van der Waals surface area contributed by atoms with Gasteiger partial charge in [0.1, 0.15) is 0 Å². The van der Waals surface area contributed by atoms with Gasteiger partial charge in [0.25, 0.3) is 17.7 Å². The molecular weight excluding hydrogens is 442 g/mol. The topological polar surface area (TPSA) is 96.9 Å². The highest BCUT2D eigenvalue weighted by Crippen LogP contribution is 2.29. The molecule has 2 heterocycles. The summed E-state index contributed by atoms with van der Waals surface area (Å²) in [6, 6.07) is 11.8. The van der Waals surface area contributed by atoms with Crippen LogP contribution >= 0.6 is 11.3 Å². The molecular formula is C24H23N3O5S. The van der Waals surface area contributed by atoms with E-state index in [0.29, 0.717) is 24.6 Å². The third-order valence-corrected chi connectivity index (χ3v) is 6.46. The monoisotopic (exact) mass is 465 g/mol. The number of anilines is 1. The van der Waals surface area contributed by atoms with Crippen molar-refractivity contribution >= 4 is 50.4 Å². The number of fused-ring (bicyclic) bond motifs is 2. The number of likely N-dealkylation sites (N-methyl/N-ethyl adjacent to an activating group) is 1. The normalized spacial score (nSPS) is 12.8. The minimum atomic E-state index is -0.737. The molecule has 1 aromatic heterocycles. The Morgan fingerprint density at radius 1 is 1.06 bits per heavy atom. The Kier molecular flexibility index (Phi) is 6.50. The van der Waals surface area contributed by atoms with Crippen LogP contribution in [0.2, 0.25) is 0 Å². The van der Waals surface area contributed by atoms with E-state index < -0.39 is 24.4 Å². The van der Waals surface area contributed by atoms with E-state index in [1.54, 1.807) is 0 Å². The maximum absolute atomic E-state index is 12.7. The highest BCUT2D eigenvalue weighted by molar-refractivity contribution is 7.22. The van der Waals surface area contributed by atoms with Crippen LogP contribution in [0.25, 0.3) is 10.2 Å². The quantitative estimate of drug-likeness (QED) is 0.370. The molecule has 0 atom stereocenters. The van der Waals surface area contributed by atoms with Gasteiger partial charge in [0, 0.05) is 13.1 Å². The fourth-order valence-electron chi connectivity index (χ4n) is 3.62.